The molecule has 1 saturated heterocycles. The molecule has 0 aromatic rings. The fourth-order valence-corrected chi connectivity index (χ4v) is 1.70. The molecule has 2 N–H and O–H groups in total. The number of hydrogen-bond donors (Lipinski definition) is 1. The quantitative estimate of drug-likeness (QED) is 0.695. The number of hydrogen-bond acceptors (Lipinski definition) is 2. The van der Waals surface area contributed by atoms with Crippen molar-refractivity contribution in [3.63, 3.8) is 0 Å². The van der Waals surface area contributed by atoms with Crippen LogP contribution in [-0.2, 0) is 0 Å². The van der Waals surface area contributed by atoms with Crippen LogP contribution >= 0.6 is 0 Å². The van der Waals surface area contributed by atoms with E-state index in [9.17, 15) is 4.79 Å². The summed E-state index contributed by atoms with van der Waals surface area (Å²) in [6.07, 6.45) is 0.854. The molecule has 1 aliphatic rings. The van der Waals surface area contributed by atoms with E-state index in [1.54, 1.807) is 4.90 Å². The minimum absolute atomic E-state index is 0.101. The first-order chi connectivity index (χ1) is 5.99. The summed E-state index contributed by atoms with van der Waals surface area (Å²) >= 11 is 0. The molecule has 0 aliphatic carbocycles. The molecular formula is C9H19N3O. The van der Waals surface area contributed by atoms with Gasteiger partial charge in [-0.15, -0.1) is 0 Å². The van der Waals surface area contributed by atoms with Gasteiger partial charge in [0.25, 0.3) is 0 Å². The molecule has 1 rings (SSSR count). The third-order valence-corrected chi connectivity index (χ3v) is 2.70. The highest BCUT2D eigenvalue weighted by atomic mass is 16.2. The number of carbonyl (C=O) groups is 1. The highest BCUT2D eigenvalue weighted by Gasteiger charge is 2.35. The molecule has 1 fully saturated rings. The number of urea groups is 1. The van der Waals surface area contributed by atoms with Gasteiger partial charge in [0.1, 0.15) is 0 Å². The normalized spacial score (nSPS) is 18.6. The maximum atomic E-state index is 11.6. The number of nitrogens with two attached hydrogens (primary N) is 1. The second-order valence-electron chi connectivity index (χ2n) is 4.21. The summed E-state index contributed by atoms with van der Waals surface area (Å²) in [5, 5.41) is 0. The Morgan fingerprint density at radius 2 is 2.08 bits per heavy atom. The number of amides is 2. The Balaban J connectivity index is 2.66. The third kappa shape index (κ3) is 1.94. The Bertz CT molecular complexity index is 203. The van der Waals surface area contributed by atoms with Gasteiger partial charge >= 0.3 is 6.03 Å². The lowest BCUT2D eigenvalue weighted by Gasteiger charge is -2.34. The van der Waals surface area contributed by atoms with Gasteiger partial charge in [0.15, 0.2) is 0 Å². The molecule has 13 heavy (non-hydrogen) atoms. The van der Waals surface area contributed by atoms with E-state index < -0.39 is 0 Å². The Labute approximate surface area is 79.7 Å². The van der Waals surface area contributed by atoms with Gasteiger partial charge in [-0.2, -0.15) is 0 Å². The summed E-state index contributed by atoms with van der Waals surface area (Å²) in [6, 6.07) is 0.124. The molecule has 2 amide bonds. The predicted molar refractivity (Wildman–Crippen MR) is 52.5 cm³/mol. The second-order valence-corrected chi connectivity index (χ2v) is 4.21. The van der Waals surface area contributed by atoms with E-state index in [1.807, 2.05) is 11.9 Å². The van der Waals surface area contributed by atoms with E-state index in [0.717, 1.165) is 19.5 Å². The number of rotatable bonds is 3. The van der Waals surface area contributed by atoms with Crippen molar-refractivity contribution in [1.29, 1.82) is 0 Å². The van der Waals surface area contributed by atoms with Crippen LogP contribution in [0.5, 0.6) is 0 Å². The molecule has 0 unspecified atom stereocenters. The standard InChI is InChI=1S/C9H19N3O/c1-9(2,4-5-10)12-7-6-11(3)8(12)13/h4-7,10H2,1-3H3. The van der Waals surface area contributed by atoms with Gasteiger partial charge in [0.2, 0.25) is 0 Å². The van der Waals surface area contributed by atoms with Gasteiger partial charge < -0.3 is 15.5 Å². The minimum atomic E-state index is -0.101. The molecule has 0 saturated carbocycles. The Kier molecular flexibility index (Phi) is 2.81. The summed E-state index contributed by atoms with van der Waals surface area (Å²) in [4.78, 5) is 15.3. The molecule has 4 nitrogen and oxygen atoms in total. The minimum Gasteiger partial charge on any atom is -0.330 e. The summed E-state index contributed by atoms with van der Waals surface area (Å²) in [5.41, 5.74) is 5.41. The Morgan fingerprint density at radius 1 is 1.46 bits per heavy atom. The summed E-state index contributed by atoms with van der Waals surface area (Å²) in [5.74, 6) is 0. The van der Waals surface area contributed by atoms with Gasteiger partial charge in [-0.3, -0.25) is 0 Å². The van der Waals surface area contributed by atoms with E-state index >= 15 is 0 Å². The van der Waals surface area contributed by atoms with Crippen molar-refractivity contribution in [1.82, 2.24) is 9.80 Å². The van der Waals surface area contributed by atoms with Crippen molar-refractivity contribution in [3.8, 4) is 0 Å². The molecule has 0 atom stereocenters. The van der Waals surface area contributed by atoms with Crippen LogP contribution in [0, 0.1) is 0 Å². The maximum Gasteiger partial charge on any atom is 0.320 e. The monoisotopic (exact) mass is 185 g/mol. The fraction of sp³-hybridized carbons (Fsp3) is 0.889. The zero-order valence-corrected chi connectivity index (χ0v) is 8.71. The van der Waals surface area contributed by atoms with Crippen LogP contribution in [0.2, 0.25) is 0 Å². The molecule has 0 bridgehead atoms. The Morgan fingerprint density at radius 3 is 2.46 bits per heavy atom. The van der Waals surface area contributed by atoms with E-state index in [0.29, 0.717) is 6.54 Å². The van der Waals surface area contributed by atoms with Gasteiger partial charge in [-0.25, -0.2) is 4.79 Å². The predicted octanol–water partition coefficient (Wildman–Crippen LogP) is 0.481. The average Bonchev–Trinajstić information content (AvgIpc) is 2.33. The largest absolute Gasteiger partial charge is 0.330 e. The first kappa shape index (κ1) is 10.3. The van der Waals surface area contributed by atoms with Crippen molar-refractivity contribution < 1.29 is 4.79 Å². The molecule has 0 spiro atoms. The van der Waals surface area contributed by atoms with Crippen LogP contribution in [0.3, 0.4) is 0 Å². The molecule has 0 radical (unpaired) electrons. The lowest BCUT2D eigenvalue weighted by molar-refractivity contribution is 0.145. The van der Waals surface area contributed by atoms with E-state index in [4.69, 9.17) is 5.73 Å². The van der Waals surface area contributed by atoms with Gasteiger partial charge in [0.05, 0.1) is 0 Å². The second kappa shape index (κ2) is 3.54. The highest BCUT2D eigenvalue weighted by molar-refractivity contribution is 5.77. The van der Waals surface area contributed by atoms with E-state index in [-0.39, 0.29) is 11.6 Å². The van der Waals surface area contributed by atoms with E-state index in [2.05, 4.69) is 13.8 Å². The zero-order chi connectivity index (χ0) is 10.1. The first-order valence-corrected chi connectivity index (χ1v) is 4.72. The topological polar surface area (TPSA) is 49.6 Å². The van der Waals surface area contributed by atoms with Gasteiger partial charge in [-0.05, 0) is 26.8 Å². The SMILES string of the molecule is CN1CCN(C(C)(C)CCN)C1=O. The summed E-state index contributed by atoms with van der Waals surface area (Å²) < 4.78 is 0. The number of likely N-dealkylation sites (N-methyl/N-ethyl adjacent to an activating group) is 1. The van der Waals surface area contributed by atoms with Crippen molar-refractivity contribution in [3.05, 3.63) is 0 Å². The van der Waals surface area contributed by atoms with Crippen LogP contribution in [-0.4, -0.2) is 48.1 Å². The first-order valence-electron chi connectivity index (χ1n) is 4.72. The van der Waals surface area contributed by atoms with Crippen molar-refractivity contribution in [2.45, 2.75) is 25.8 Å². The van der Waals surface area contributed by atoms with Crippen molar-refractivity contribution in [2.75, 3.05) is 26.7 Å². The third-order valence-electron chi connectivity index (χ3n) is 2.70. The molecule has 1 heterocycles. The summed E-state index contributed by atoms with van der Waals surface area (Å²) in [7, 11) is 1.83. The molecule has 76 valence electrons. The van der Waals surface area contributed by atoms with Crippen molar-refractivity contribution >= 4 is 6.03 Å². The molecular weight excluding hydrogens is 166 g/mol. The summed E-state index contributed by atoms with van der Waals surface area (Å²) in [6.45, 7) is 6.41. The van der Waals surface area contributed by atoms with Gasteiger partial charge in [0, 0.05) is 25.7 Å². The lowest BCUT2D eigenvalue weighted by Crippen LogP contribution is -2.47. The molecule has 0 aromatic heterocycles. The van der Waals surface area contributed by atoms with Crippen molar-refractivity contribution in [2.24, 2.45) is 5.73 Å². The number of nitrogens with zero attached hydrogens (tertiary/aromatic N) is 2. The highest BCUT2D eigenvalue weighted by Crippen LogP contribution is 2.22. The lowest BCUT2D eigenvalue weighted by atomic mass is 9.99. The molecule has 0 aromatic carbocycles. The fourth-order valence-electron chi connectivity index (χ4n) is 1.70. The van der Waals surface area contributed by atoms with Crippen LogP contribution in [0.25, 0.3) is 0 Å². The molecule has 1 aliphatic heterocycles. The van der Waals surface area contributed by atoms with Crippen LogP contribution in [0.1, 0.15) is 20.3 Å². The van der Waals surface area contributed by atoms with Crippen LogP contribution in [0.4, 0.5) is 4.79 Å². The molecule has 4 heteroatoms. The Hall–Kier alpha value is -0.770. The van der Waals surface area contributed by atoms with Gasteiger partial charge in [-0.1, -0.05) is 0 Å². The van der Waals surface area contributed by atoms with Crippen LogP contribution < -0.4 is 5.73 Å². The van der Waals surface area contributed by atoms with E-state index in [1.165, 1.54) is 0 Å². The van der Waals surface area contributed by atoms with Crippen LogP contribution in [0.15, 0.2) is 0 Å². The maximum absolute atomic E-state index is 11.6. The zero-order valence-electron chi connectivity index (χ0n) is 8.71. The average molecular weight is 185 g/mol. The smallest absolute Gasteiger partial charge is 0.320 e. The number of carbonyl (C=O) groups excluding carboxylic acids is 1.